The fourth-order valence-electron chi connectivity index (χ4n) is 2.42. The maximum Gasteiger partial charge on any atom is 0.256 e. The lowest BCUT2D eigenvalue weighted by molar-refractivity contribution is 0.102. The number of nitrogens with one attached hydrogen (secondary N) is 1. The Kier molecular flexibility index (Phi) is 5.34. The number of carbonyl (C=O) groups excluding carboxylic acids is 1. The van der Waals surface area contributed by atoms with E-state index >= 15 is 0 Å². The van der Waals surface area contributed by atoms with Crippen LogP contribution >= 0.6 is 0 Å². The first kappa shape index (κ1) is 18.4. The molecule has 1 N–H and O–H groups in total. The molecule has 1 heterocycles. The van der Waals surface area contributed by atoms with E-state index in [0.29, 0.717) is 16.9 Å². The summed E-state index contributed by atoms with van der Waals surface area (Å²) in [5.74, 6) is 5.44. The van der Waals surface area contributed by atoms with Gasteiger partial charge in [-0.1, -0.05) is 30.2 Å². The van der Waals surface area contributed by atoms with E-state index in [1.807, 2.05) is 18.2 Å². The van der Waals surface area contributed by atoms with E-state index in [0.717, 1.165) is 6.26 Å². The van der Waals surface area contributed by atoms with Crippen LogP contribution in [0.2, 0.25) is 0 Å². The SMILES string of the molecule is CS(=O)(=O)c1ccccc1C(=O)Nc1cccc(C#Cc2ccccn2)c1. The van der Waals surface area contributed by atoms with Gasteiger partial charge in [0.25, 0.3) is 5.91 Å². The van der Waals surface area contributed by atoms with Crippen molar-refractivity contribution < 1.29 is 13.2 Å². The van der Waals surface area contributed by atoms with E-state index in [1.54, 1.807) is 42.6 Å². The second kappa shape index (κ2) is 7.85. The highest BCUT2D eigenvalue weighted by atomic mass is 32.2. The van der Waals surface area contributed by atoms with Gasteiger partial charge in [-0.2, -0.15) is 0 Å². The minimum Gasteiger partial charge on any atom is -0.322 e. The van der Waals surface area contributed by atoms with Crippen molar-refractivity contribution in [3.05, 3.63) is 89.7 Å². The highest BCUT2D eigenvalue weighted by Crippen LogP contribution is 2.18. The van der Waals surface area contributed by atoms with Crippen molar-refractivity contribution >= 4 is 21.4 Å². The number of hydrogen-bond donors (Lipinski definition) is 1. The van der Waals surface area contributed by atoms with Gasteiger partial charge in [-0.25, -0.2) is 13.4 Å². The van der Waals surface area contributed by atoms with Crippen LogP contribution in [0.5, 0.6) is 0 Å². The summed E-state index contributed by atoms with van der Waals surface area (Å²) in [6.07, 6.45) is 2.74. The predicted octanol–water partition coefficient (Wildman–Crippen LogP) is 3.14. The molecule has 0 saturated heterocycles. The van der Waals surface area contributed by atoms with Crippen LogP contribution in [0.15, 0.2) is 77.8 Å². The lowest BCUT2D eigenvalue weighted by Crippen LogP contribution is -2.16. The highest BCUT2D eigenvalue weighted by molar-refractivity contribution is 7.90. The second-order valence-corrected chi connectivity index (χ2v) is 7.75. The summed E-state index contributed by atoms with van der Waals surface area (Å²) >= 11 is 0. The normalized spacial score (nSPS) is 10.6. The topological polar surface area (TPSA) is 76.1 Å². The van der Waals surface area contributed by atoms with Gasteiger partial charge in [0.2, 0.25) is 0 Å². The van der Waals surface area contributed by atoms with Gasteiger partial charge in [-0.3, -0.25) is 4.79 Å². The van der Waals surface area contributed by atoms with Crippen LogP contribution in [-0.4, -0.2) is 25.6 Å². The Bertz CT molecular complexity index is 1140. The molecule has 0 aliphatic rings. The molecule has 1 amide bonds. The molecule has 0 atom stereocenters. The Labute approximate surface area is 158 Å². The minimum absolute atomic E-state index is 0.00593. The lowest BCUT2D eigenvalue weighted by atomic mass is 10.1. The fraction of sp³-hybridized carbons (Fsp3) is 0.0476. The molecule has 0 fully saturated rings. The first-order valence-electron chi connectivity index (χ1n) is 8.07. The van der Waals surface area contributed by atoms with E-state index < -0.39 is 15.7 Å². The molecule has 3 aromatic rings. The Morgan fingerprint density at radius 3 is 2.48 bits per heavy atom. The molecule has 6 heteroatoms. The molecule has 5 nitrogen and oxygen atoms in total. The molecule has 0 aliphatic carbocycles. The first-order valence-corrected chi connectivity index (χ1v) is 9.96. The molecule has 134 valence electrons. The summed E-state index contributed by atoms with van der Waals surface area (Å²) < 4.78 is 23.8. The van der Waals surface area contributed by atoms with Crippen LogP contribution in [0, 0.1) is 11.8 Å². The Morgan fingerprint density at radius 2 is 1.74 bits per heavy atom. The third kappa shape index (κ3) is 4.81. The molecule has 3 rings (SSSR count). The second-order valence-electron chi connectivity index (χ2n) is 5.77. The van der Waals surface area contributed by atoms with Gasteiger partial charge in [0.05, 0.1) is 10.5 Å². The van der Waals surface area contributed by atoms with Gasteiger partial charge in [0.1, 0.15) is 5.69 Å². The Hall–Kier alpha value is -3.43. The summed E-state index contributed by atoms with van der Waals surface area (Å²) in [7, 11) is -3.51. The number of hydrogen-bond acceptors (Lipinski definition) is 4. The smallest absolute Gasteiger partial charge is 0.256 e. The maximum atomic E-state index is 12.6. The summed E-state index contributed by atoms with van der Waals surface area (Å²) in [5, 5.41) is 2.72. The summed E-state index contributed by atoms with van der Waals surface area (Å²) in [5.41, 5.74) is 1.98. The van der Waals surface area contributed by atoms with E-state index in [9.17, 15) is 13.2 Å². The maximum absolute atomic E-state index is 12.6. The Morgan fingerprint density at radius 1 is 0.963 bits per heavy atom. The number of aromatic nitrogens is 1. The molecule has 0 bridgehead atoms. The zero-order valence-electron chi connectivity index (χ0n) is 14.5. The Balaban J connectivity index is 1.84. The number of sulfone groups is 1. The number of pyridine rings is 1. The van der Waals surface area contributed by atoms with Crippen molar-refractivity contribution in [3.8, 4) is 11.8 Å². The van der Waals surface area contributed by atoms with Gasteiger partial charge < -0.3 is 5.32 Å². The predicted molar refractivity (Wildman–Crippen MR) is 104 cm³/mol. The molecule has 0 spiro atoms. The van der Waals surface area contributed by atoms with Crippen molar-refractivity contribution in [2.45, 2.75) is 4.90 Å². The highest BCUT2D eigenvalue weighted by Gasteiger charge is 2.18. The zero-order valence-corrected chi connectivity index (χ0v) is 15.3. The van der Waals surface area contributed by atoms with Crippen LogP contribution in [0.4, 0.5) is 5.69 Å². The molecule has 0 saturated carbocycles. The van der Waals surface area contributed by atoms with Gasteiger partial charge in [-0.15, -0.1) is 0 Å². The lowest BCUT2D eigenvalue weighted by Gasteiger charge is -2.09. The zero-order chi connectivity index (χ0) is 19.3. The van der Waals surface area contributed by atoms with Crippen molar-refractivity contribution in [3.63, 3.8) is 0 Å². The summed E-state index contributed by atoms with van der Waals surface area (Å²) in [6.45, 7) is 0. The van der Waals surface area contributed by atoms with Crippen LogP contribution in [0.25, 0.3) is 0 Å². The molecule has 2 aromatic carbocycles. The van der Waals surface area contributed by atoms with Crippen molar-refractivity contribution in [2.24, 2.45) is 0 Å². The quantitative estimate of drug-likeness (QED) is 0.713. The number of carbonyl (C=O) groups is 1. The van der Waals surface area contributed by atoms with Crippen molar-refractivity contribution in [1.82, 2.24) is 4.98 Å². The molecule has 1 aromatic heterocycles. The largest absolute Gasteiger partial charge is 0.322 e. The number of rotatable bonds is 3. The van der Waals surface area contributed by atoms with Gasteiger partial charge >= 0.3 is 0 Å². The van der Waals surface area contributed by atoms with Gasteiger partial charge in [-0.05, 0) is 48.4 Å². The van der Waals surface area contributed by atoms with Crippen LogP contribution < -0.4 is 5.32 Å². The third-order valence-corrected chi connectivity index (χ3v) is 4.81. The van der Waals surface area contributed by atoms with E-state index in [1.165, 1.54) is 12.1 Å². The van der Waals surface area contributed by atoms with Gasteiger partial charge in [0, 0.05) is 23.7 Å². The molecule has 0 unspecified atom stereocenters. The molecule has 0 radical (unpaired) electrons. The van der Waals surface area contributed by atoms with E-state index in [-0.39, 0.29) is 10.5 Å². The fourth-order valence-corrected chi connectivity index (χ4v) is 3.31. The summed E-state index contributed by atoms with van der Waals surface area (Å²) in [6, 6.07) is 18.6. The number of anilines is 1. The van der Waals surface area contributed by atoms with E-state index in [2.05, 4.69) is 22.1 Å². The van der Waals surface area contributed by atoms with Gasteiger partial charge in [0.15, 0.2) is 9.84 Å². The molecule has 0 aliphatic heterocycles. The van der Waals surface area contributed by atoms with Crippen molar-refractivity contribution in [1.29, 1.82) is 0 Å². The third-order valence-electron chi connectivity index (χ3n) is 3.65. The van der Waals surface area contributed by atoms with E-state index in [4.69, 9.17) is 0 Å². The molecule has 27 heavy (non-hydrogen) atoms. The summed E-state index contributed by atoms with van der Waals surface area (Å²) in [4.78, 5) is 16.7. The average molecular weight is 376 g/mol. The molecular formula is C21H16N2O3S. The standard InChI is InChI=1S/C21H16N2O3S/c1-27(25,26)20-11-3-2-10-19(20)21(24)23-18-9-6-7-16(15-18)12-13-17-8-4-5-14-22-17/h2-11,14-15H,1H3,(H,23,24). The van der Waals surface area contributed by atoms with Crippen LogP contribution in [-0.2, 0) is 9.84 Å². The number of nitrogens with zero attached hydrogens (tertiary/aromatic N) is 1. The molecular weight excluding hydrogens is 360 g/mol. The monoisotopic (exact) mass is 376 g/mol. The van der Waals surface area contributed by atoms with Crippen molar-refractivity contribution in [2.75, 3.05) is 11.6 Å². The first-order chi connectivity index (χ1) is 12.9. The van der Waals surface area contributed by atoms with Crippen LogP contribution in [0.3, 0.4) is 0 Å². The van der Waals surface area contributed by atoms with Crippen LogP contribution in [0.1, 0.15) is 21.6 Å². The number of amides is 1. The number of benzene rings is 2. The minimum atomic E-state index is -3.51. The average Bonchev–Trinajstić information content (AvgIpc) is 2.67.